The molecule has 1 heterocycles. The maximum atomic E-state index is 9.55. The summed E-state index contributed by atoms with van der Waals surface area (Å²) in [5, 5.41) is 15.6. The van der Waals surface area contributed by atoms with Gasteiger partial charge in [-0.15, -0.1) is 0 Å². The van der Waals surface area contributed by atoms with Crippen molar-refractivity contribution in [2.24, 2.45) is 5.92 Å². The van der Waals surface area contributed by atoms with E-state index in [1.165, 1.54) is 50.6 Å². The second-order valence-corrected chi connectivity index (χ2v) is 6.18. The molecule has 0 saturated heterocycles. The van der Waals surface area contributed by atoms with Crippen molar-refractivity contribution in [3.05, 3.63) is 42.5 Å². The zero-order valence-corrected chi connectivity index (χ0v) is 14.6. The number of aromatic amines is 1. The first kappa shape index (κ1) is 20.7. The van der Waals surface area contributed by atoms with Crippen molar-refractivity contribution in [2.75, 3.05) is 0 Å². The van der Waals surface area contributed by atoms with Crippen LogP contribution in [0.3, 0.4) is 0 Å². The lowest BCUT2D eigenvalue weighted by Gasteiger charge is -2.20. The van der Waals surface area contributed by atoms with Gasteiger partial charge in [0.1, 0.15) is 0 Å². The van der Waals surface area contributed by atoms with E-state index < -0.39 is 11.9 Å². The van der Waals surface area contributed by atoms with Gasteiger partial charge in [-0.05, 0) is 31.6 Å². The Bertz CT molecular complexity index is 528. The molecule has 3 N–H and O–H groups in total. The minimum Gasteiger partial charge on any atom is -0.478 e. The molecule has 138 valence electrons. The van der Waals surface area contributed by atoms with E-state index in [1.807, 2.05) is 6.20 Å². The van der Waals surface area contributed by atoms with Crippen LogP contribution in [0.2, 0.25) is 0 Å². The van der Waals surface area contributed by atoms with Gasteiger partial charge >= 0.3 is 11.9 Å². The molecule has 0 bridgehead atoms. The Morgan fingerprint density at radius 1 is 1.08 bits per heavy atom. The van der Waals surface area contributed by atoms with Crippen molar-refractivity contribution < 1.29 is 19.8 Å². The molecule has 25 heavy (non-hydrogen) atoms. The first-order valence-corrected chi connectivity index (χ1v) is 8.84. The SMILES string of the molecule is C(=CCCC1CCCCC1)CCc1cnc[nH]1.O=C(O)C=CC(=O)O. The quantitative estimate of drug-likeness (QED) is 0.487. The number of carbonyl (C=O) groups is 2. The van der Waals surface area contributed by atoms with Crippen LogP contribution >= 0.6 is 0 Å². The Morgan fingerprint density at radius 3 is 2.28 bits per heavy atom. The molecular formula is C19H28N2O4. The van der Waals surface area contributed by atoms with Crippen LogP contribution in [0.5, 0.6) is 0 Å². The average Bonchev–Trinajstić information content (AvgIpc) is 3.11. The fourth-order valence-corrected chi connectivity index (χ4v) is 2.85. The Hall–Kier alpha value is -2.37. The van der Waals surface area contributed by atoms with E-state index in [-0.39, 0.29) is 0 Å². The Balaban J connectivity index is 0.000000333. The van der Waals surface area contributed by atoms with E-state index in [0.717, 1.165) is 18.8 Å². The standard InChI is InChI=1S/C15H24N2.C4H4O4/c1(2-7-11-15-12-16-13-17-15)4-8-14-9-5-3-6-10-14;5-3(6)1-2-4(7)8/h1-2,12-14H,3-11H2,(H,16,17);1-2H,(H,5,6)(H,7,8). The number of imidazole rings is 1. The molecule has 2 rings (SSSR count). The highest BCUT2D eigenvalue weighted by molar-refractivity contribution is 5.89. The molecule has 0 radical (unpaired) electrons. The number of hydrogen-bond acceptors (Lipinski definition) is 3. The number of carboxylic acids is 2. The third-order valence-corrected chi connectivity index (χ3v) is 4.14. The van der Waals surface area contributed by atoms with Crippen molar-refractivity contribution in [3.63, 3.8) is 0 Å². The van der Waals surface area contributed by atoms with Crippen LogP contribution in [-0.2, 0) is 16.0 Å². The van der Waals surface area contributed by atoms with E-state index in [1.54, 1.807) is 6.33 Å². The summed E-state index contributed by atoms with van der Waals surface area (Å²) < 4.78 is 0. The minimum absolute atomic E-state index is 0.558. The second kappa shape index (κ2) is 13.0. The average molecular weight is 348 g/mol. The molecule has 1 aliphatic carbocycles. The van der Waals surface area contributed by atoms with Gasteiger partial charge in [0.2, 0.25) is 0 Å². The molecule has 0 amide bonds. The third-order valence-electron chi connectivity index (χ3n) is 4.14. The molecule has 1 aromatic rings. The van der Waals surface area contributed by atoms with E-state index >= 15 is 0 Å². The van der Waals surface area contributed by atoms with Gasteiger partial charge < -0.3 is 15.2 Å². The van der Waals surface area contributed by atoms with Crippen molar-refractivity contribution >= 4 is 11.9 Å². The summed E-state index contributed by atoms with van der Waals surface area (Å²) in [5.41, 5.74) is 1.24. The van der Waals surface area contributed by atoms with Crippen molar-refractivity contribution in [3.8, 4) is 0 Å². The summed E-state index contributed by atoms with van der Waals surface area (Å²) in [7, 11) is 0. The van der Waals surface area contributed by atoms with Crippen molar-refractivity contribution in [1.29, 1.82) is 0 Å². The summed E-state index contributed by atoms with van der Waals surface area (Å²) >= 11 is 0. The number of allylic oxidation sites excluding steroid dienone is 2. The molecule has 1 saturated carbocycles. The Kier molecular flexibility index (Phi) is 10.7. The van der Waals surface area contributed by atoms with E-state index in [0.29, 0.717) is 12.2 Å². The van der Waals surface area contributed by atoms with Crippen molar-refractivity contribution in [2.45, 2.75) is 57.8 Å². The lowest BCUT2D eigenvalue weighted by molar-refractivity contribution is -0.134. The fraction of sp³-hybridized carbons (Fsp3) is 0.526. The van der Waals surface area contributed by atoms with E-state index in [9.17, 15) is 9.59 Å². The summed E-state index contributed by atoms with van der Waals surface area (Å²) in [4.78, 5) is 26.3. The predicted molar refractivity (Wildman–Crippen MR) is 96.3 cm³/mol. The maximum Gasteiger partial charge on any atom is 0.328 e. The first-order valence-electron chi connectivity index (χ1n) is 8.84. The van der Waals surface area contributed by atoms with Gasteiger partial charge in [-0.25, -0.2) is 14.6 Å². The zero-order chi connectivity index (χ0) is 18.3. The highest BCUT2D eigenvalue weighted by atomic mass is 16.4. The zero-order valence-electron chi connectivity index (χ0n) is 14.6. The number of aromatic nitrogens is 2. The number of aliphatic carboxylic acids is 2. The molecular weight excluding hydrogens is 320 g/mol. The van der Waals surface area contributed by atoms with Crippen LogP contribution in [0.25, 0.3) is 0 Å². The van der Waals surface area contributed by atoms with Gasteiger partial charge in [0, 0.05) is 24.0 Å². The smallest absolute Gasteiger partial charge is 0.328 e. The monoisotopic (exact) mass is 348 g/mol. The van der Waals surface area contributed by atoms with Gasteiger partial charge in [-0.3, -0.25) is 0 Å². The first-order chi connectivity index (χ1) is 12.1. The number of aryl methyl sites for hydroxylation is 1. The lowest BCUT2D eigenvalue weighted by atomic mass is 9.86. The highest BCUT2D eigenvalue weighted by Gasteiger charge is 2.11. The lowest BCUT2D eigenvalue weighted by Crippen LogP contribution is -2.05. The van der Waals surface area contributed by atoms with Gasteiger partial charge in [0.05, 0.1) is 6.33 Å². The molecule has 0 atom stereocenters. The third kappa shape index (κ3) is 11.8. The van der Waals surface area contributed by atoms with Crippen LogP contribution in [-0.4, -0.2) is 32.1 Å². The number of hydrogen-bond donors (Lipinski definition) is 3. The molecule has 1 aromatic heterocycles. The molecule has 0 unspecified atom stereocenters. The van der Waals surface area contributed by atoms with Crippen LogP contribution in [0.1, 0.15) is 57.1 Å². The molecule has 6 nitrogen and oxygen atoms in total. The predicted octanol–water partition coefficient (Wildman–Crippen LogP) is 3.97. The van der Waals surface area contributed by atoms with Crippen LogP contribution in [0.15, 0.2) is 36.8 Å². The Labute approximate surface area is 148 Å². The second-order valence-electron chi connectivity index (χ2n) is 6.18. The molecule has 0 aromatic carbocycles. The number of rotatable bonds is 8. The largest absolute Gasteiger partial charge is 0.478 e. The van der Waals surface area contributed by atoms with Crippen LogP contribution in [0.4, 0.5) is 0 Å². The Morgan fingerprint density at radius 2 is 1.72 bits per heavy atom. The fourth-order valence-electron chi connectivity index (χ4n) is 2.85. The van der Waals surface area contributed by atoms with E-state index in [4.69, 9.17) is 10.2 Å². The summed E-state index contributed by atoms with van der Waals surface area (Å²) in [6.45, 7) is 0. The van der Waals surface area contributed by atoms with Gasteiger partial charge in [0.25, 0.3) is 0 Å². The minimum atomic E-state index is -1.26. The number of H-pyrrole nitrogens is 1. The van der Waals surface area contributed by atoms with Gasteiger partial charge in [0.15, 0.2) is 0 Å². The molecule has 6 heteroatoms. The maximum absolute atomic E-state index is 9.55. The number of nitrogens with one attached hydrogen (secondary N) is 1. The molecule has 0 aliphatic heterocycles. The summed E-state index contributed by atoms with van der Waals surface area (Å²) in [6, 6.07) is 0. The van der Waals surface area contributed by atoms with E-state index in [2.05, 4.69) is 22.1 Å². The van der Waals surface area contributed by atoms with Gasteiger partial charge in [-0.2, -0.15) is 0 Å². The molecule has 1 fully saturated rings. The number of carboxylic acid groups (broad SMARTS) is 2. The number of nitrogens with zero attached hydrogens (tertiary/aromatic N) is 1. The topological polar surface area (TPSA) is 103 Å². The normalized spacial score (nSPS) is 15.2. The van der Waals surface area contributed by atoms with Crippen LogP contribution < -0.4 is 0 Å². The summed E-state index contributed by atoms with van der Waals surface area (Å²) in [5.74, 6) is -1.50. The molecule has 1 aliphatic rings. The van der Waals surface area contributed by atoms with Gasteiger partial charge in [-0.1, -0.05) is 44.3 Å². The summed E-state index contributed by atoms with van der Waals surface area (Å²) in [6.07, 6.45) is 21.7. The van der Waals surface area contributed by atoms with Crippen LogP contribution in [0, 0.1) is 5.92 Å². The molecule has 0 spiro atoms. The highest BCUT2D eigenvalue weighted by Crippen LogP contribution is 2.27. The van der Waals surface area contributed by atoms with Crippen molar-refractivity contribution in [1.82, 2.24) is 9.97 Å².